The maximum Gasteiger partial charge on any atom is 0.127 e. The average molecular weight is 343 g/mol. The van der Waals surface area contributed by atoms with Crippen LogP contribution in [0, 0.1) is 5.41 Å². The second kappa shape index (κ2) is 6.25. The van der Waals surface area contributed by atoms with Crippen LogP contribution >= 0.6 is 15.9 Å². The van der Waals surface area contributed by atoms with Gasteiger partial charge in [0, 0.05) is 28.4 Å². The molecular formula is C16H23BrO3. The van der Waals surface area contributed by atoms with Gasteiger partial charge in [-0.25, -0.2) is 0 Å². The second-order valence-electron chi connectivity index (χ2n) is 5.30. The fourth-order valence-electron chi connectivity index (χ4n) is 3.03. The van der Waals surface area contributed by atoms with E-state index >= 15 is 0 Å². The Morgan fingerprint density at radius 3 is 1.95 bits per heavy atom. The van der Waals surface area contributed by atoms with Crippen LogP contribution in [-0.4, -0.2) is 25.2 Å². The Labute approximate surface area is 129 Å². The predicted octanol–water partition coefficient (Wildman–Crippen LogP) is 4.42. The summed E-state index contributed by atoms with van der Waals surface area (Å²) in [5.41, 5.74) is 0.232. The SMILES string of the molecule is CCC1(CC)C(Br)CC1Oc1cc(OC)cc(OC)c1. The minimum atomic E-state index is 0.232. The number of halogens is 1. The zero-order chi connectivity index (χ0) is 14.8. The summed E-state index contributed by atoms with van der Waals surface area (Å²) in [5, 5.41) is 0. The smallest absolute Gasteiger partial charge is 0.127 e. The van der Waals surface area contributed by atoms with Crippen molar-refractivity contribution in [1.82, 2.24) is 0 Å². The highest BCUT2D eigenvalue weighted by molar-refractivity contribution is 9.09. The van der Waals surface area contributed by atoms with Crippen LogP contribution in [0.2, 0.25) is 0 Å². The number of alkyl halides is 1. The number of ether oxygens (including phenoxy) is 3. The van der Waals surface area contributed by atoms with E-state index in [0.29, 0.717) is 4.83 Å². The molecular weight excluding hydrogens is 320 g/mol. The third-order valence-electron chi connectivity index (χ3n) is 4.61. The van der Waals surface area contributed by atoms with E-state index in [1.165, 1.54) is 0 Å². The topological polar surface area (TPSA) is 27.7 Å². The summed E-state index contributed by atoms with van der Waals surface area (Å²) >= 11 is 3.78. The van der Waals surface area contributed by atoms with Gasteiger partial charge in [0.2, 0.25) is 0 Å². The maximum absolute atomic E-state index is 6.21. The molecule has 0 amide bonds. The molecule has 1 aliphatic carbocycles. The first kappa shape index (κ1) is 15.5. The molecule has 1 aromatic rings. The third kappa shape index (κ3) is 2.62. The molecule has 0 saturated heterocycles. The van der Waals surface area contributed by atoms with E-state index in [-0.39, 0.29) is 11.5 Å². The minimum absolute atomic E-state index is 0.232. The molecule has 0 heterocycles. The molecule has 2 unspecified atom stereocenters. The number of hydrogen-bond donors (Lipinski definition) is 0. The summed E-state index contributed by atoms with van der Waals surface area (Å²) in [6.07, 6.45) is 3.52. The van der Waals surface area contributed by atoms with Crippen molar-refractivity contribution in [3.8, 4) is 17.2 Å². The van der Waals surface area contributed by atoms with Crippen molar-refractivity contribution in [2.75, 3.05) is 14.2 Å². The first-order valence-electron chi connectivity index (χ1n) is 7.13. The Hall–Kier alpha value is -0.900. The zero-order valence-corrected chi connectivity index (χ0v) is 14.2. The van der Waals surface area contributed by atoms with Crippen LogP contribution in [0.15, 0.2) is 18.2 Å². The van der Waals surface area contributed by atoms with Gasteiger partial charge in [-0.05, 0) is 19.3 Å². The summed E-state index contributed by atoms with van der Waals surface area (Å²) in [4.78, 5) is 0.544. The molecule has 0 spiro atoms. The molecule has 0 N–H and O–H groups in total. The summed E-state index contributed by atoms with van der Waals surface area (Å²) in [7, 11) is 3.30. The van der Waals surface area contributed by atoms with Crippen molar-refractivity contribution in [1.29, 1.82) is 0 Å². The van der Waals surface area contributed by atoms with Gasteiger partial charge in [0.1, 0.15) is 23.4 Å². The maximum atomic E-state index is 6.21. The Morgan fingerprint density at radius 2 is 1.55 bits per heavy atom. The molecule has 2 rings (SSSR count). The standard InChI is InChI=1S/C16H23BrO3/c1-5-16(6-2)14(17)10-15(16)20-13-8-11(18-3)7-12(9-13)19-4/h7-9,14-15H,5-6,10H2,1-4H3. The average Bonchev–Trinajstić information content (AvgIpc) is 2.47. The summed E-state index contributed by atoms with van der Waals surface area (Å²) < 4.78 is 16.8. The van der Waals surface area contributed by atoms with Gasteiger partial charge in [0.15, 0.2) is 0 Å². The molecule has 0 bridgehead atoms. The van der Waals surface area contributed by atoms with Crippen molar-refractivity contribution in [2.45, 2.75) is 44.0 Å². The van der Waals surface area contributed by atoms with Gasteiger partial charge >= 0.3 is 0 Å². The molecule has 3 nitrogen and oxygen atoms in total. The highest BCUT2D eigenvalue weighted by Crippen LogP contribution is 2.53. The molecule has 4 heteroatoms. The summed E-state index contributed by atoms with van der Waals surface area (Å²) in [5.74, 6) is 2.33. The molecule has 20 heavy (non-hydrogen) atoms. The molecule has 0 aliphatic heterocycles. The fourth-order valence-corrected chi connectivity index (χ4v) is 4.31. The van der Waals surface area contributed by atoms with E-state index in [2.05, 4.69) is 29.8 Å². The van der Waals surface area contributed by atoms with Crippen molar-refractivity contribution < 1.29 is 14.2 Å². The minimum Gasteiger partial charge on any atom is -0.496 e. The molecule has 112 valence electrons. The van der Waals surface area contributed by atoms with Crippen LogP contribution < -0.4 is 14.2 Å². The normalized spacial score (nSPS) is 23.9. The van der Waals surface area contributed by atoms with Crippen LogP contribution in [0.5, 0.6) is 17.2 Å². The van der Waals surface area contributed by atoms with E-state index < -0.39 is 0 Å². The largest absolute Gasteiger partial charge is 0.496 e. The number of methoxy groups -OCH3 is 2. The van der Waals surface area contributed by atoms with Crippen LogP contribution in [0.25, 0.3) is 0 Å². The Balaban J connectivity index is 2.18. The summed E-state index contributed by atoms with van der Waals surface area (Å²) in [6, 6.07) is 5.69. The lowest BCUT2D eigenvalue weighted by molar-refractivity contribution is -0.0412. The third-order valence-corrected chi connectivity index (χ3v) is 5.89. The number of rotatable bonds is 6. The monoisotopic (exact) mass is 342 g/mol. The lowest BCUT2D eigenvalue weighted by Gasteiger charge is -2.52. The Bertz CT molecular complexity index is 435. The first-order chi connectivity index (χ1) is 9.59. The molecule has 1 saturated carbocycles. The van der Waals surface area contributed by atoms with Crippen LogP contribution in [0.3, 0.4) is 0 Å². The quantitative estimate of drug-likeness (QED) is 0.716. The van der Waals surface area contributed by atoms with Gasteiger partial charge in [-0.1, -0.05) is 29.8 Å². The van der Waals surface area contributed by atoms with Gasteiger partial charge in [-0.3, -0.25) is 0 Å². The molecule has 2 atom stereocenters. The van der Waals surface area contributed by atoms with Gasteiger partial charge in [-0.2, -0.15) is 0 Å². The van der Waals surface area contributed by atoms with Crippen molar-refractivity contribution in [3.63, 3.8) is 0 Å². The molecule has 1 aromatic carbocycles. The zero-order valence-electron chi connectivity index (χ0n) is 12.6. The number of benzene rings is 1. The van der Waals surface area contributed by atoms with Crippen molar-refractivity contribution in [3.05, 3.63) is 18.2 Å². The first-order valence-corrected chi connectivity index (χ1v) is 8.05. The van der Waals surface area contributed by atoms with E-state index in [4.69, 9.17) is 14.2 Å². The van der Waals surface area contributed by atoms with Crippen molar-refractivity contribution in [2.24, 2.45) is 5.41 Å². The van der Waals surface area contributed by atoms with Crippen LogP contribution in [0.1, 0.15) is 33.1 Å². The molecule has 1 aliphatic rings. The van der Waals surface area contributed by atoms with E-state index in [1.807, 2.05) is 18.2 Å². The lowest BCUT2D eigenvalue weighted by Crippen LogP contribution is -2.56. The van der Waals surface area contributed by atoms with E-state index in [1.54, 1.807) is 14.2 Å². The second-order valence-corrected chi connectivity index (χ2v) is 6.40. The van der Waals surface area contributed by atoms with Gasteiger partial charge < -0.3 is 14.2 Å². The van der Waals surface area contributed by atoms with Gasteiger partial charge in [-0.15, -0.1) is 0 Å². The Morgan fingerprint density at radius 1 is 1.05 bits per heavy atom. The van der Waals surface area contributed by atoms with Crippen LogP contribution in [0.4, 0.5) is 0 Å². The molecule has 0 radical (unpaired) electrons. The highest BCUT2D eigenvalue weighted by Gasteiger charge is 2.53. The van der Waals surface area contributed by atoms with Crippen LogP contribution in [-0.2, 0) is 0 Å². The number of hydrogen-bond acceptors (Lipinski definition) is 3. The highest BCUT2D eigenvalue weighted by atomic mass is 79.9. The summed E-state index contributed by atoms with van der Waals surface area (Å²) in [6.45, 7) is 4.47. The lowest BCUT2D eigenvalue weighted by atomic mass is 9.62. The van der Waals surface area contributed by atoms with Gasteiger partial charge in [0.05, 0.1) is 14.2 Å². The molecule has 0 aromatic heterocycles. The van der Waals surface area contributed by atoms with Crippen molar-refractivity contribution >= 4 is 15.9 Å². The Kier molecular flexibility index (Phi) is 4.84. The fraction of sp³-hybridized carbons (Fsp3) is 0.625. The molecule has 1 fully saturated rings. The van der Waals surface area contributed by atoms with E-state index in [0.717, 1.165) is 36.5 Å². The van der Waals surface area contributed by atoms with Gasteiger partial charge in [0.25, 0.3) is 0 Å². The predicted molar refractivity (Wildman–Crippen MR) is 84.3 cm³/mol. The van der Waals surface area contributed by atoms with E-state index in [9.17, 15) is 0 Å².